The van der Waals surface area contributed by atoms with Gasteiger partial charge in [-0.05, 0) is 26.3 Å². The molecule has 1 aliphatic rings. The first-order valence-corrected chi connectivity index (χ1v) is 11.7. The highest BCUT2D eigenvalue weighted by atomic mass is 28.3. The van der Waals surface area contributed by atoms with Crippen molar-refractivity contribution in [1.82, 2.24) is 0 Å². The molecule has 5 heteroatoms. The number of allylic oxidation sites excluding steroid dienone is 5. The van der Waals surface area contributed by atoms with Crippen molar-refractivity contribution in [3.05, 3.63) is 35.6 Å². The van der Waals surface area contributed by atoms with Crippen LogP contribution in [0.15, 0.2) is 35.6 Å². The van der Waals surface area contributed by atoms with E-state index in [-0.39, 0.29) is 19.1 Å². The van der Waals surface area contributed by atoms with E-state index in [4.69, 9.17) is 9.47 Å². The number of esters is 2. The van der Waals surface area contributed by atoms with Crippen LogP contribution < -0.4 is 0 Å². The lowest BCUT2D eigenvalue weighted by molar-refractivity contribution is -0.172. The molecule has 0 aliphatic heterocycles. The first-order chi connectivity index (χ1) is 10.6. The molecule has 0 spiro atoms. The van der Waals surface area contributed by atoms with Gasteiger partial charge in [-0.25, -0.2) is 0 Å². The zero-order valence-electron chi connectivity index (χ0n) is 15.0. The van der Waals surface area contributed by atoms with Crippen LogP contribution in [0.1, 0.15) is 20.8 Å². The van der Waals surface area contributed by atoms with Gasteiger partial charge in [0.15, 0.2) is 5.41 Å². The molecule has 0 saturated heterocycles. The molecule has 128 valence electrons. The topological polar surface area (TPSA) is 52.6 Å². The minimum atomic E-state index is -1.36. The van der Waals surface area contributed by atoms with Crippen LogP contribution in [0.3, 0.4) is 0 Å². The van der Waals surface area contributed by atoms with Gasteiger partial charge >= 0.3 is 11.9 Å². The third-order valence-corrected chi connectivity index (χ3v) is 4.86. The first kappa shape index (κ1) is 19.4. The van der Waals surface area contributed by atoms with Crippen molar-refractivity contribution in [3.63, 3.8) is 0 Å². The Kier molecular flexibility index (Phi) is 6.56. The maximum atomic E-state index is 12.4. The second-order valence-corrected chi connectivity index (χ2v) is 11.9. The maximum Gasteiger partial charge on any atom is 0.324 e. The predicted molar refractivity (Wildman–Crippen MR) is 94.6 cm³/mol. The van der Waals surface area contributed by atoms with E-state index in [1.165, 1.54) is 0 Å². The van der Waals surface area contributed by atoms with Gasteiger partial charge in [0, 0.05) is 5.92 Å². The Hall–Kier alpha value is -1.62. The SMILES string of the molecule is CCOC(=O)C(C)(C(=O)OCC)C1C=CC(=C[Si](C)(C)C)C=C1. The Balaban J connectivity index is 3.10. The van der Waals surface area contributed by atoms with Crippen molar-refractivity contribution in [2.45, 2.75) is 40.4 Å². The normalized spacial score (nSPS) is 17.8. The number of hydrogen-bond acceptors (Lipinski definition) is 4. The van der Waals surface area contributed by atoms with Crippen molar-refractivity contribution in [2.75, 3.05) is 13.2 Å². The van der Waals surface area contributed by atoms with Crippen molar-refractivity contribution >= 4 is 20.0 Å². The molecular weight excluding hydrogens is 308 g/mol. The lowest BCUT2D eigenvalue weighted by Gasteiger charge is -2.31. The van der Waals surface area contributed by atoms with Crippen LogP contribution in [0.2, 0.25) is 19.6 Å². The lowest BCUT2D eigenvalue weighted by atomic mass is 9.75. The molecular formula is C18H28O4Si. The fourth-order valence-corrected chi connectivity index (χ4v) is 3.64. The molecule has 0 fully saturated rings. The minimum absolute atomic E-state index is 0.231. The van der Waals surface area contributed by atoms with E-state index in [1.807, 2.05) is 24.3 Å². The van der Waals surface area contributed by atoms with E-state index >= 15 is 0 Å². The summed E-state index contributed by atoms with van der Waals surface area (Å²) in [6.45, 7) is 12.3. The molecule has 4 nitrogen and oxygen atoms in total. The fraction of sp³-hybridized carbons (Fsp3) is 0.556. The molecule has 1 rings (SSSR count). The summed E-state index contributed by atoms with van der Waals surface area (Å²) in [4.78, 5) is 24.8. The Morgan fingerprint density at radius 3 is 1.87 bits per heavy atom. The molecule has 0 atom stereocenters. The highest BCUT2D eigenvalue weighted by Crippen LogP contribution is 2.35. The van der Waals surface area contributed by atoms with Crippen molar-refractivity contribution in [2.24, 2.45) is 11.3 Å². The van der Waals surface area contributed by atoms with Crippen LogP contribution in [-0.4, -0.2) is 33.2 Å². The van der Waals surface area contributed by atoms with Gasteiger partial charge in [-0.15, -0.1) is 0 Å². The highest BCUT2D eigenvalue weighted by Gasteiger charge is 2.49. The smallest absolute Gasteiger partial charge is 0.324 e. The van der Waals surface area contributed by atoms with Gasteiger partial charge < -0.3 is 9.47 Å². The lowest BCUT2D eigenvalue weighted by Crippen LogP contribution is -2.44. The zero-order chi connectivity index (χ0) is 17.7. The molecule has 0 saturated carbocycles. The Labute approximate surface area is 140 Å². The van der Waals surface area contributed by atoms with Crippen molar-refractivity contribution in [1.29, 1.82) is 0 Å². The van der Waals surface area contributed by atoms with Crippen LogP contribution in [-0.2, 0) is 19.1 Å². The summed E-state index contributed by atoms with van der Waals surface area (Å²) in [5.74, 6) is -1.47. The number of rotatable bonds is 6. The van der Waals surface area contributed by atoms with Crippen LogP contribution in [0.25, 0.3) is 0 Å². The van der Waals surface area contributed by atoms with Gasteiger partial charge in [-0.3, -0.25) is 9.59 Å². The molecule has 0 radical (unpaired) electrons. The second kappa shape index (κ2) is 7.77. The first-order valence-electron chi connectivity index (χ1n) is 8.08. The molecule has 0 bridgehead atoms. The summed E-state index contributed by atoms with van der Waals surface area (Å²) < 4.78 is 10.2. The summed E-state index contributed by atoms with van der Waals surface area (Å²) in [6, 6.07) is 0. The summed E-state index contributed by atoms with van der Waals surface area (Å²) in [5.41, 5.74) is 2.04. The van der Waals surface area contributed by atoms with E-state index in [1.54, 1.807) is 20.8 Å². The molecule has 0 unspecified atom stereocenters. The largest absolute Gasteiger partial charge is 0.465 e. The van der Waals surface area contributed by atoms with Gasteiger partial charge in [0.1, 0.15) is 0 Å². The summed E-state index contributed by atoms with van der Waals surface area (Å²) in [7, 11) is -1.33. The van der Waals surface area contributed by atoms with Gasteiger partial charge in [-0.2, -0.15) is 0 Å². The predicted octanol–water partition coefficient (Wildman–Crippen LogP) is 3.66. The van der Waals surface area contributed by atoms with Gasteiger partial charge in [0.05, 0.1) is 21.3 Å². The Morgan fingerprint density at radius 1 is 1.09 bits per heavy atom. The molecule has 0 heterocycles. The molecule has 23 heavy (non-hydrogen) atoms. The summed E-state index contributed by atoms with van der Waals surface area (Å²) in [5, 5.41) is 0. The third-order valence-electron chi connectivity index (χ3n) is 3.66. The van der Waals surface area contributed by atoms with Crippen LogP contribution >= 0.6 is 0 Å². The van der Waals surface area contributed by atoms with Gasteiger partial charge in [-0.1, -0.05) is 49.6 Å². The third kappa shape index (κ3) is 4.93. The maximum absolute atomic E-state index is 12.4. The number of carbonyl (C=O) groups excluding carboxylic acids is 2. The highest BCUT2D eigenvalue weighted by molar-refractivity contribution is 6.81. The fourth-order valence-electron chi connectivity index (χ4n) is 2.45. The molecule has 0 aromatic carbocycles. The van der Waals surface area contributed by atoms with E-state index in [0.29, 0.717) is 0 Å². The molecule has 1 aliphatic carbocycles. The Morgan fingerprint density at radius 2 is 1.52 bits per heavy atom. The Bertz CT molecular complexity index is 504. The average Bonchev–Trinajstić information content (AvgIpc) is 2.46. The van der Waals surface area contributed by atoms with Gasteiger partial charge in [0.25, 0.3) is 0 Å². The quantitative estimate of drug-likeness (QED) is 0.422. The zero-order valence-corrected chi connectivity index (χ0v) is 16.0. The molecule has 0 amide bonds. The molecule has 0 N–H and O–H groups in total. The number of carbonyl (C=O) groups is 2. The number of hydrogen-bond donors (Lipinski definition) is 0. The summed E-state index contributed by atoms with van der Waals surface area (Å²) >= 11 is 0. The van der Waals surface area contributed by atoms with Gasteiger partial charge in [0.2, 0.25) is 0 Å². The van der Waals surface area contributed by atoms with Crippen LogP contribution in [0.5, 0.6) is 0 Å². The summed E-state index contributed by atoms with van der Waals surface area (Å²) in [6.07, 6.45) is 7.72. The van der Waals surface area contributed by atoms with E-state index in [9.17, 15) is 9.59 Å². The standard InChI is InChI=1S/C18H28O4Si/c1-7-21-16(19)18(3,17(20)22-8-2)15-11-9-14(10-12-15)13-23(4,5)6/h9-13,15H,7-8H2,1-6H3. The average molecular weight is 337 g/mol. The number of ether oxygens (including phenoxy) is 2. The second-order valence-electron chi connectivity index (χ2n) is 6.90. The van der Waals surface area contributed by atoms with Crippen molar-refractivity contribution in [3.8, 4) is 0 Å². The minimum Gasteiger partial charge on any atom is -0.465 e. The molecule has 0 aromatic rings. The van der Waals surface area contributed by atoms with Crippen molar-refractivity contribution < 1.29 is 19.1 Å². The van der Waals surface area contributed by atoms with E-state index in [0.717, 1.165) is 5.57 Å². The monoisotopic (exact) mass is 336 g/mol. The van der Waals surface area contributed by atoms with Crippen LogP contribution in [0.4, 0.5) is 0 Å². The van der Waals surface area contributed by atoms with E-state index in [2.05, 4.69) is 25.3 Å². The van der Waals surface area contributed by atoms with E-state index < -0.39 is 25.4 Å². The van der Waals surface area contributed by atoms with Crippen LogP contribution in [0, 0.1) is 11.3 Å². The molecule has 0 aromatic heterocycles.